The Bertz CT molecular complexity index is 503. The molecule has 102 valence electrons. The zero-order valence-electron chi connectivity index (χ0n) is 10.2. The lowest BCUT2D eigenvalue weighted by atomic mass is 10.2. The van der Waals surface area contributed by atoms with Gasteiger partial charge in [-0.2, -0.15) is 0 Å². The molecule has 1 aromatic carbocycles. The molecule has 6 heteroatoms. The summed E-state index contributed by atoms with van der Waals surface area (Å²) in [4.78, 5) is 3.92. The molecule has 2 aromatic rings. The van der Waals surface area contributed by atoms with Gasteiger partial charge in [0, 0.05) is 25.5 Å². The van der Waals surface area contributed by atoms with Gasteiger partial charge in [0.1, 0.15) is 0 Å². The fourth-order valence-corrected chi connectivity index (χ4v) is 1.75. The predicted octanol–water partition coefficient (Wildman–Crippen LogP) is 2.48. The van der Waals surface area contributed by atoms with Crippen molar-refractivity contribution in [3.8, 4) is 0 Å². The van der Waals surface area contributed by atoms with Crippen molar-refractivity contribution in [1.82, 2.24) is 14.9 Å². The van der Waals surface area contributed by atoms with E-state index in [-0.39, 0.29) is 0 Å². The lowest BCUT2D eigenvalue weighted by Crippen LogP contribution is -2.16. The van der Waals surface area contributed by atoms with E-state index in [4.69, 9.17) is 0 Å². The van der Waals surface area contributed by atoms with Crippen LogP contribution in [0, 0.1) is 17.5 Å². The Hall–Kier alpha value is -1.82. The highest BCUT2D eigenvalue weighted by molar-refractivity contribution is 5.19. The van der Waals surface area contributed by atoms with Crippen LogP contribution in [0.1, 0.15) is 12.0 Å². The van der Waals surface area contributed by atoms with Crippen LogP contribution in [0.2, 0.25) is 0 Å². The maximum Gasteiger partial charge on any atom is 0.194 e. The minimum Gasteiger partial charge on any atom is -0.337 e. The molecule has 0 saturated heterocycles. The van der Waals surface area contributed by atoms with Crippen molar-refractivity contribution in [2.45, 2.75) is 19.5 Å². The van der Waals surface area contributed by atoms with Gasteiger partial charge < -0.3 is 9.88 Å². The lowest BCUT2D eigenvalue weighted by Gasteiger charge is -2.06. The molecule has 0 amide bonds. The number of aryl methyl sites for hydroxylation is 1. The second-order valence-electron chi connectivity index (χ2n) is 4.20. The molecule has 0 atom stereocenters. The number of benzene rings is 1. The standard InChI is InChI=1S/C13H14F3N3/c14-11-6-10(7-12(15)13(11)16)8-17-2-1-4-19-5-3-18-9-19/h3,5-7,9,17H,1-2,4,8H2. The van der Waals surface area contributed by atoms with Crippen LogP contribution in [0.4, 0.5) is 13.2 Å². The summed E-state index contributed by atoms with van der Waals surface area (Å²) in [7, 11) is 0. The van der Waals surface area contributed by atoms with Crippen LogP contribution >= 0.6 is 0 Å². The van der Waals surface area contributed by atoms with Crippen molar-refractivity contribution in [2.24, 2.45) is 0 Å². The average Bonchev–Trinajstić information content (AvgIpc) is 2.88. The van der Waals surface area contributed by atoms with E-state index in [1.807, 2.05) is 10.8 Å². The number of imidazole rings is 1. The lowest BCUT2D eigenvalue weighted by molar-refractivity contribution is 0.444. The zero-order chi connectivity index (χ0) is 13.7. The van der Waals surface area contributed by atoms with Gasteiger partial charge in [0.15, 0.2) is 17.5 Å². The molecule has 2 rings (SSSR count). The summed E-state index contributed by atoms with van der Waals surface area (Å²) in [5, 5.41) is 3.05. The Morgan fingerprint density at radius 3 is 2.53 bits per heavy atom. The van der Waals surface area contributed by atoms with Gasteiger partial charge in [-0.3, -0.25) is 0 Å². The van der Waals surface area contributed by atoms with E-state index in [0.717, 1.165) is 25.1 Å². The molecule has 0 aliphatic rings. The molecule has 0 radical (unpaired) electrons. The van der Waals surface area contributed by atoms with E-state index >= 15 is 0 Å². The first-order valence-electron chi connectivity index (χ1n) is 5.96. The summed E-state index contributed by atoms with van der Waals surface area (Å²) in [6.07, 6.45) is 6.16. The summed E-state index contributed by atoms with van der Waals surface area (Å²) < 4.78 is 40.6. The minimum absolute atomic E-state index is 0.304. The molecule has 0 bridgehead atoms. The number of hydrogen-bond donors (Lipinski definition) is 1. The summed E-state index contributed by atoms with van der Waals surface area (Å²) in [6.45, 7) is 1.82. The smallest absolute Gasteiger partial charge is 0.194 e. The predicted molar refractivity (Wildman–Crippen MR) is 64.9 cm³/mol. The van der Waals surface area contributed by atoms with Gasteiger partial charge in [0.25, 0.3) is 0 Å². The molecule has 3 nitrogen and oxygen atoms in total. The molecule has 1 aromatic heterocycles. The van der Waals surface area contributed by atoms with E-state index in [9.17, 15) is 13.2 Å². The van der Waals surface area contributed by atoms with E-state index in [1.165, 1.54) is 0 Å². The van der Waals surface area contributed by atoms with Gasteiger partial charge in [0.2, 0.25) is 0 Å². The molecule has 0 spiro atoms. The Morgan fingerprint density at radius 1 is 1.16 bits per heavy atom. The third-order valence-corrected chi connectivity index (χ3v) is 2.70. The molecule has 19 heavy (non-hydrogen) atoms. The fourth-order valence-electron chi connectivity index (χ4n) is 1.75. The number of rotatable bonds is 6. The number of halogens is 3. The van der Waals surface area contributed by atoms with Crippen LogP contribution in [0.15, 0.2) is 30.9 Å². The van der Waals surface area contributed by atoms with E-state index in [1.54, 1.807) is 12.5 Å². The highest BCUT2D eigenvalue weighted by Crippen LogP contribution is 2.13. The average molecular weight is 269 g/mol. The second-order valence-corrected chi connectivity index (χ2v) is 4.20. The Balaban J connectivity index is 1.74. The van der Waals surface area contributed by atoms with E-state index in [0.29, 0.717) is 18.7 Å². The van der Waals surface area contributed by atoms with Gasteiger partial charge in [-0.1, -0.05) is 0 Å². The van der Waals surface area contributed by atoms with Crippen LogP contribution in [-0.2, 0) is 13.1 Å². The molecule has 0 fully saturated rings. The van der Waals surface area contributed by atoms with Crippen molar-refractivity contribution >= 4 is 0 Å². The summed E-state index contributed by atoms with van der Waals surface area (Å²) >= 11 is 0. The van der Waals surface area contributed by atoms with Crippen molar-refractivity contribution < 1.29 is 13.2 Å². The van der Waals surface area contributed by atoms with E-state index < -0.39 is 17.5 Å². The maximum absolute atomic E-state index is 12.9. The molecule has 1 heterocycles. The van der Waals surface area contributed by atoms with Gasteiger partial charge >= 0.3 is 0 Å². The molecule has 0 aliphatic heterocycles. The Labute approximate surface area is 109 Å². The normalized spacial score (nSPS) is 10.9. The number of hydrogen-bond acceptors (Lipinski definition) is 2. The Kier molecular flexibility index (Phi) is 4.57. The topological polar surface area (TPSA) is 29.9 Å². The fraction of sp³-hybridized carbons (Fsp3) is 0.308. The van der Waals surface area contributed by atoms with Crippen LogP contribution in [0.25, 0.3) is 0 Å². The monoisotopic (exact) mass is 269 g/mol. The highest BCUT2D eigenvalue weighted by Gasteiger charge is 2.09. The summed E-state index contributed by atoms with van der Waals surface area (Å²) in [6, 6.07) is 2.00. The molecule has 0 unspecified atom stereocenters. The molecule has 1 N–H and O–H groups in total. The van der Waals surface area contributed by atoms with Crippen LogP contribution in [0.5, 0.6) is 0 Å². The van der Waals surface area contributed by atoms with Crippen molar-refractivity contribution in [3.63, 3.8) is 0 Å². The van der Waals surface area contributed by atoms with Gasteiger partial charge in [-0.25, -0.2) is 18.2 Å². The van der Waals surface area contributed by atoms with Crippen molar-refractivity contribution in [2.75, 3.05) is 6.54 Å². The first-order valence-corrected chi connectivity index (χ1v) is 5.96. The molecular weight excluding hydrogens is 255 g/mol. The molecule has 0 aliphatic carbocycles. The second kappa shape index (κ2) is 6.38. The molecule has 0 saturated carbocycles. The summed E-state index contributed by atoms with van der Waals surface area (Å²) in [5.41, 5.74) is 0.388. The van der Waals surface area contributed by atoms with Crippen LogP contribution in [-0.4, -0.2) is 16.1 Å². The Morgan fingerprint density at radius 2 is 1.89 bits per heavy atom. The van der Waals surface area contributed by atoms with Gasteiger partial charge in [-0.15, -0.1) is 0 Å². The van der Waals surface area contributed by atoms with Crippen LogP contribution in [0.3, 0.4) is 0 Å². The third kappa shape index (κ3) is 3.82. The first-order chi connectivity index (χ1) is 9.16. The molecular formula is C13H14F3N3. The van der Waals surface area contributed by atoms with Crippen molar-refractivity contribution in [1.29, 1.82) is 0 Å². The van der Waals surface area contributed by atoms with E-state index in [2.05, 4.69) is 10.3 Å². The van der Waals surface area contributed by atoms with Gasteiger partial charge in [-0.05, 0) is 30.7 Å². The zero-order valence-corrected chi connectivity index (χ0v) is 10.2. The first kappa shape index (κ1) is 13.6. The minimum atomic E-state index is -1.43. The number of nitrogens with one attached hydrogen (secondary N) is 1. The SMILES string of the molecule is Fc1cc(CNCCCn2ccnc2)cc(F)c1F. The quantitative estimate of drug-likeness (QED) is 0.645. The number of nitrogens with zero attached hydrogens (tertiary/aromatic N) is 2. The summed E-state index contributed by atoms with van der Waals surface area (Å²) in [5.74, 6) is -3.74. The maximum atomic E-state index is 12.9. The van der Waals surface area contributed by atoms with Crippen LogP contribution < -0.4 is 5.32 Å². The largest absolute Gasteiger partial charge is 0.337 e. The number of aromatic nitrogens is 2. The van der Waals surface area contributed by atoms with Gasteiger partial charge in [0.05, 0.1) is 6.33 Å². The third-order valence-electron chi connectivity index (χ3n) is 2.70. The van der Waals surface area contributed by atoms with Crippen molar-refractivity contribution in [3.05, 3.63) is 53.9 Å². The highest BCUT2D eigenvalue weighted by atomic mass is 19.2.